The van der Waals surface area contributed by atoms with Crippen molar-refractivity contribution in [1.82, 2.24) is 10.2 Å². The van der Waals surface area contributed by atoms with E-state index in [2.05, 4.69) is 48.3 Å². The summed E-state index contributed by atoms with van der Waals surface area (Å²) >= 11 is 0. The summed E-state index contributed by atoms with van der Waals surface area (Å²) < 4.78 is 5.77. The van der Waals surface area contributed by atoms with Gasteiger partial charge in [-0.05, 0) is 44.2 Å². The topological polar surface area (TPSA) is 44.7 Å². The summed E-state index contributed by atoms with van der Waals surface area (Å²) in [6.07, 6.45) is 3.47. The van der Waals surface area contributed by atoms with E-state index in [0.717, 1.165) is 38.9 Å². The lowest BCUT2D eigenvalue weighted by Crippen LogP contribution is -2.46. The summed E-state index contributed by atoms with van der Waals surface area (Å²) in [4.78, 5) is 2.36. The van der Waals surface area contributed by atoms with E-state index in [4.69, 9.17) is 4.74 Å². The lowest BCUT2D eigenvalue weighted by Gasteiger charge is -2.34. The molecule has 0 saturated carbocycles. The number of aliphatic hydroxyl groups is 1. The van der Waals surface area contributed by atoms with Crippen molar-refractivity contribution >= 4 is 0 Å². The highest BCUT2D eigenvalue weighted by atomic mass is 16.5. The van der Waals surface area contributed by atoms with E-state index in [1.807, 2.05) is 0 Å². The molecule has 23 heavy (non-hydrogen) atoms. The molecule has 0 radical (unpaired) electrons. The molecule has 3 unspecified atom stereocenters. The van der Waals surface area contributed by atoms with Gasteiger partial charge in [-0.1, -0.05) is 24.3 Å². The third kappa shape index (κ3) is 4.77. The second-order valence-corrected chi connectivity index (χ2v) is 7.24. The molecule has 2 aliphatic heterocycles. The fourth-order valence-corrected chi connectivity index (χ4v) is 3.95. The fourth-order valence-electron chi connectivity index (χ4n) is 3.95. The van der Waals surface area contributed by atoms with E-state index in [1.54, 1.807) is 0 Å². The Morgan fingerprint density at radius 1 is 1.22 bits per heavy atom. The van der Waals surface area contributed by atoms with Crippen molar-refractivity contribution in [2.24, 2.45) is 0 Å². The molecule has 4 nitrogen and oxygen atoms in total. The van der Waals surface area contributed by atoms with E-state index >= 15 is 0 Å². The zero-order chi connectivity index (χ0) is 16.2. The number of ether oxygens (including phenoxy) is 1. The predicted octanol–water partition coefficient (Wildman–Crippen LogP) is 1.95. The Morgan fingerprint density at radius 3 is 2.65 bits per heavy atom. The van der Waals surface area contributed by atoms with Gasteiger partial charge in [0.05, 0.1) is 18.3 Å². The average molecular weight is 318 g/mol. The van der Waals surface area contributed by atoms with Gasteiger partial charge in [0.15, 0.2) is 0 Å². The van der Waals surface area contributed by atoms with Gasteiger partial charge < -0.3 is 15.2 Å². The van der Waals surface area contributed by atoms with E-state index < -0.39 is 0 Å². The maximum atomic E-state index is 10.4. The number of aliphatic hydroxyl groups excluding tert-OH is 1. The van der Waals surface area contributed by atoms with Gasteiger partial charge in [0.2, 0.25) is 0 Å². The first kappa shape index (κ1) is 16.9. The molecular weight excluding hydrogens is 288 g/mol. The Bertz CT molecular complexity index is 498. The van der Waals surface area contributed by atoms with Crippen LogP contribution < -0.4 is 5.32 Å². The lowest BCUT2D eigenvalue weighted by atomic mass is 9.99. The minimum Gasteiger partial charge on any atom is -0.390 e. The minimum atomic E-state index is -0.311. The van der Waals surface area contributed by atoms with Crippen molar-refractivity contribution in [2.75, 3.05) is 19.6 Å². The van der Waals surface area contributed by atoms with Crippen LogP contribution in [0.1, 0.15) is 37.8 Å². The maximum absolute atomic E-state index is 10.4. The minimum absolute atomic E-state index is 0.311. The van der Waals surface area contributed by atoms with Crippen LogP contribution in [0.4, 0.5) is 0 Å². The Kier molecular flexibility index (Phi) is 5.70. The fraction of sp³-hybridized carbons (Fsp3) is 0.684. The molecule has 0 aromatic heterocycles. The first-order valence-corrected chi connectivity index (χ1v) is 8.96. The molecule has 0 bridgehead atoms. The lowest BCUT2D eigenvalue weighted by molar-refractivity contribution is -0.0437. The Hall–Kier alpha value is -0.940. The summed E-state index contributed by atoms with van der Waals surface area (Å²) in [5.74, 6) is 0. The van der Waals surface area contributed by atoms with Gasteiger partial charge in [-0.15, -0.1) is 0 Å². The zero-order valence-corrected chi connectivity index (χ0v) is 14.4. The number of benzene rings is 1. The van der Waals surface area contributed by atoms with Crippen molar-refractivity contribution in [2.45, 2.75) is 64.0 Å². The van der Waals surface area contributed by atoms with Gasteiger partial charge in [-0.2, -0.15) is 0 Å². The van der Waals surface area contributed by atoms with Gasteiger partial charge in [0, 0.05) is 32.2 Å². The van der Waals surface area contributed by atoms with Crippen molar-refractivity contribution in [3.63, 3.8) is 0 Å². The molecule has 128 valence electrons. The molecule has 0 aliphatic carbocycles. The van der Waals surface area contributed by atoms with Gasteiger partial charge in [-0.3, -0.25) is 4.90 Å². The van der Waals surface area contributed by atoms with Gasteiger partial charge in [-0.25, -0.2) is 0 Å². The summed E-state index contributed by atoms with van der Waals surface area (Å²) in [7, 11) is 0. The van der Waals surface area contributed by atoms with E-state index in [-0.39, 0.29) is 6.10 Å². The summed E-state index contributed by atoms with van der Waals surface area (Å²) in [6, 6.07) is 9.11. The van der Waals surface area contributed by atoms with Crippen molar-refractivity contribution in [1.29, 1.82) is 0 Å². The third-order valence-corrected chi connectivity index (χ3v) is 5.02. The van der Waals surface area contributed by atoms with Crippen LogP contribution in [0.15, 0.2) is 24.3 Å². The molecule has 0 spiro atoms. The number of nitrogens with zero attached hydrogens (tertiary/aromatic N) is 1. The number of hydrogen-bond acceptors (Lipinski definition) is 4. The van der Waals surface area contributed by atoms with Crippen LogP contribution in [-0.2, 0) is 17.7 Å². The van der Waals surface area contributed by atoms with E-state index in [9.17, 15) is 5.11 Å². The highest BCUT2D eigenvalue weighted by molar-refractivity contribution is 5.29. The largest absolute Gasteiger partial charge is 0.390 e. The van der Waals surface area contributed by atoms with Crippen molar-refractivity contribution < 1.29 is 9.84 Å². The predicted molar refractivity (Wildman–Crippen MR) is 92.5 cm³/mol. The van der Waals surface area contributed by atoms with Crippen LogP contribution in [0.5, 0.6) is 0 Å². The molecule has 2 aliphatic rings. The Morgan fingerprint density at radius 2 is 1.91 bits per heavy atom. The van der Waals surface area contributed by atoms with E-state index in [1.165, 1.54) is 11.1 Å². The molecule has 1 saturated heterocycles. The number of hydrogen-bond donors (Lipinski definition) is 2. The SMILES string of the molecule is CC1CC(NCC(O)CN2CCc3ccccc3C2)CC(C)O1. The Labute approximate surface area is 139 Å². The second-order valence-electron chi connectivity index (χ2n) is 7.24. The van der Waals surface area contributed by atoms with Crippen LogP contribution in [0.2, 0.25) is 0 Å². The number of fused-ring (bicyclic) bond motifs is 1. The van der Waals surface area contributed by atoms with Crippen LogP contribution >= 0.6 is 0 Å². The molecule has 1 fully saturated rings. The zero-order valence-electron chi connectivity index (χ0n) is 14.4. The van der Waals surface area contributed by atoms with Gasteiger partial charge >= 0.3 is 0 Å². The molecule has 1 aromatic rings. The highest BCUT2D eigenvalue weighted by Crippen LogP contribution is 2.20. The smallest absolute Gasteiger partial charge is 0.0791 e. The van der Waals surface area contributed by atoms with Crippen LogP contribution in [0, 0.1) is 0 Å². The first-order chi connectivity index (χ1) is 11.1. The van der Waals surface area contributed by atoms with Crippen molar-refractivity contribution in [3.05, 3.63) is 35.4 Å². The number of rotatable bonds is 5. The number of nitrogens with one attached hydrogen (secondary N) is 1. The van der Waals surface area contributed by atoms with Gasteiger partial charge in [0.1, 0.15) is 0 Å². The molecule has 3 atom stereocenters. The third-order valence-electron chi connectivity index (χ3n) is 5.02. The van der Waals surface area contributed by atoms with Crippen molar-refractivity contribution in [3.8, 4) is 0 Å². The first-order valence-electron chi connectivity index (χ1n) is 8.96. The molecular formula is C19H30N2O2. The second kappa shape index (κ2) is 7.75. The average Bonchev–Trinajstić information content (AvgIpc) is 2.52. The van der Waals surface area contributed by atoms with Crippen LogP contribution in [0.25, 0.3) is 0 Å². The number of β-amino-alcohol motifs (C(OH)–C–C–N with tert-alkyl or cyclic N) is 1. The molecule has 1 aromatic carbocycles. The normalized spacial score (nSPS) is 30.0. The quantitative estimate of drug-likeness (QED) is 0.871. The standard InChI is InChI=1S/C19H30N2O2/c1-14-9-18(10-15(2)23-14)20-11-19(22)13-21-8-7-16-5-3-4-6-17(16)12-21/h3-6,14-15,18-20,22H,7-13H2,1-2H3. The van der Waals surface area contributed by atoms with Crippen LogP contribution in [-0.4, -0.2) is 54.0 Å². The summed E-state index contributed by atoms with van der Waals surface area (Å²) in [6.45, 7) is 7.67. The van der Waals surface area contributed by atoms with Gasteiger partial charge in [0.25, 0.3) is 0 Å². The van der Waals surface area contributed by atoms with Crippen LogP contribution in [0.3, 0.4) is 0 Å². The van der Waals surface area contributed by atoms with E-state index in [0.29, 0.717) is 24.8 Å². The molecule has 4 heteroatoms. The summed E-state index contributed by atoms with van der Waals surface area (Å²) in [5.41, 5.74) is 2.87. The maximum Gasteiger partial charge on any atom is 0.0791 e. The molecule has 3 rings (SSSR count). The molecule has 0 amide bonds. The molecule has 2 heterocycles. The molecule has 2 N–H and O–H groups in total. The summed E-state index contributed by atoms with van der Waals surface area (Å²) in [5, 5.41) is 13.9. The highest BCUT2D eigenvalue weighted by Gasteiger charge is 2.25. The monoisotopic (exact) mass is 318 g/mol. The Balaban J connectivity index is 1.42.